The number of aryl methyl sites for hydroxylation is 1. The number of amides is 1. The van der Waals surface area contributed by atoms with Gasteiger partial charge >= 0.3 is 0 Å². The third-order valence-corrected chi connectivity index (χ3v) is 6.48. The minimum atomic E-state index is -0.444. The predicted molar refractivity (Wildman–Crippen MR) is 130 cm³/mol. The van der Waals surface area contributed by atoms with Crippen LogP contribution in [-0.4, -0.2) is 30.3 Å². The normalized spacial score (nSPS) is 12.3. The van der Waals surface area contributed by atoms with Crippen LogP contribution in [-0.2, 0) is 11.3 Å². The number of hydrogen-bond acceptors (Lipinski definition) is 5. The van der Waals surface area contributed by atoms with Crippen molar-refractivity contribution in [3.8, 4) is 0 Å². The number of anilines is 1. The zero-order valence-corrected chi connectivity index (χ0v) is 19.5. The Kier molecular flexibility index (Phi) is 6.81. The average Bonchev–Trinajstić information content (AvgIpc) is 3.19. The minimum absolute atomic E-state index is 0.0695. The van der Waals surface area contributed by atoms with Crippen molar-refractivity contribution < 1.29 is 4.79 Å². The van der Waals surface area contributed by atoms with Crippen molar-refractivity contribution >= 4 is 51.6 Å². The van der Waals surface area contributed by atoms with E-state index in [4.69, 9.17) is 11.6 Å². The molecule has 1 unspecified atom stereocenters. The zero-order valence-electron chi connectivity index (χ0n) is 17.9. The average molecular weight is 470 g/mol. The van der Waals surface area contributed by atoms with Gasteiger partial charge in [-0.2, -0.15) is 0 Å². The number of para-hydroxylation sites is 1. The van der Waals surface area contributed by atoms with Gasteiger partial charge in [0, 0.05) is 17.3 Å². The SMILES string of the molecule is CCCCCn1c(=O)c2ccccc2n2c(SC(C)C(=O)Nc3cccc(Cl)c3)nnc12. The zero-order chi connectivity index (χ0) is 22.7. The number of carbonyl (C=O) groups excluding carboxylic acids is 1. The largest absolute Gasteiger partial charge is 0.325 e. The van der Waals surface area contributed by atoms with Crippen molar-refractivity contribution in [3.63, 3.8) is 0 Å². The van der Waals surface area contributed by atoms with Crippen molar-refractivity contribution in [2.24, 2.45) is 0 Å². The third-order valence-electron chi connectivity index (χ3n) is 5.21. The number of nitrogens with one attached hydrogen (secondary N) is 1. The van der Waals surface area contributed by atoms with Crippen LogP contribution < -0.4 is 10.9 Å². The van der Waals surface area contributed by atoms with Gasteiger partial charge in [0.1, 0.15) is 0 Å². The fourth-order valence-electron chi connectivity index (χ4n) is 3.55. The Morgan fingerprint density at radius 3 is 2.75 bits per heavy atom. The first kappa shape index (κ1) is 22.4. The van der Waals surface area contributed by atoms with Crippen LogP contribution in [0.1, 0.15) is 33.1 Å². The molecule has 0 bridgehead atoms. The van der Waals surface area contributed by atoms with Gasteiger partial charge in [0.15, 0.2) is 5.16 Å². The van der Waals surface area contributed by atoms with Crippen LogP contribution in [0, 0.1) is 0 Å². The maximum Gasteiger partial charge on any atom is 0.262 e. The molecule has 2 heterocycles. The first-order chi connectivity index (χ1) is 15.5. The van der Waals surface area contributed by atoms with Gasteiger partial charge in [0.2, 0.25) is 11.7 Å². The van der Waals surface area contributed by atoms with E-state index in [1.807, 2.05) is 35.6 Å². The maximum atomic E-state index is 13.1. The van der Waals surface area contributed by atoms with E-state index in [1.165, 1.54) is 11.8 Å². The van der Waals surface area contributed by atoms with E-state index in [-0.39, 0.29) is 11.5 Å². The van der Waals surface area contributed by atoms with E-state index in [2.05, 4.69) is 22.4 Å². The number of nitrogens with zero attached hydrogens (tertiary/aromatic N) is 4. The molecule has 1 N–H and O–H groups in total. The van der Waals surface area contributed by atoms with Gasteiger partial charge in [0.05, 0.1) is 16.2 Å². The van der Waals surface area contributed by atoms with Crippen LogP contribution in [0.4, 0.5) is 5.69 Å². The molecule has 0 aliphatic rings. The number of hydrogen-bond donors (Lipinski definition) is 1. The highest BCUT2D eigenvalue weighted by atomic mass is 35.5. The molecule has 2 aromatic carbocycles. The number of aromatic nitrogens is 4. The topological polar surface area (TPSA) is 81.3 Å². The second-order valence-corrected chi connectivity index (χ2v) is 9.30. The van der Waals surface area contributed by atoms with Crippen molar-refractivity contribution in [3.05, 3.63) is 63.9 Å². The lowest BCUT2D eigenvalue weighted by molar-refractivity contribution is -0.115. The fourth-order valence-corrected chi connectivity index (χ4v) is 4.60. The molecule has 1 atom stereocenters. The summed E-state index contributed by atoms with van der Waals surface area (Å²) in [6.45, 7) is 4.51. The van der Waals surface area contributed by atoms with Crippen molar-refractivity contribution in [1.29, 1.82) is 0 Å². The summed E-state index contributed by atoms with van der Waals surface area (Å²) < 4.78 is 3.56. The molecule has 0 aliphatic heterocycles. The second-order valence-electron chi connectivity index (χ2n) is 7.56. The van der Waals surface area contributed by atoms with Crippen molar-refractivity contribution in [2.45, 2.75) is 50.1 Å². The summed E-state index contributed by atoms with van der Waals surface area (Å²) in [5.41, 5.74) is 1.30. The second kappa shape index (κ2) is 9.75. The Morgan fingerprint density at radius 1 is 1.16 bits per heavy atom. The standard InChI is InChI=1S/C23H24ClN5O2S/c1-3-4-7-13-28-21(31)18-11-5-6-12-19(18)29-22(28)26-27-23(29)32-15(2)20(30)25-17-10-8-9-16(24)14-17/h5-6,8-12,14-15H,3-4,7,13H2,1-2H3,(H,25,30). The van der Waals surface area contributed by atoms with Crippen LogP contribution in [0.3, 0.4) is 0 Å². The Balaban J connectivity index is 1.68. The molecular weight excluding hydrogens is 446 g/mol. The molecule has 9 heteroatoms. The quantitative estimate of drug-likeness (QED) is 0.290. The van der Waals surface area contributed by atoms with Gasteiger partial charge in [-0.05, 0) is 43.7 Å². The molecule has 7 nitrogen and oxygen atoms in total. The minimum Gasteiger partial charge on any atom is -0.325 e. The molecule has 0 saturated carbocycles. The van der Waals surface area contributed by atoms with Gasteiger partial charge in [0.25, 0.3) is 5.56 Å². The summed E-state index contributed by atoms with van der Waals surface area (Å²) in [6, 6.07) is 14.5. The highest BCUT2D eigenvalue weighted by Gasteiger charge is 2.21. The highest BCUT2D eigenvalue weighted by Crippen LogP contribution is 2.26. The molecule has 2 aromatic heterocycles. The Labute approximate surface area is 194 Å². The Morgan fingerprint density at radius 2 is 1.97 bits per heavy atom. The van der Waals surface area contributed by atoms with Crippen LogP contribution >= 0.6 is 23.4 Å². The van der Waals surface area contributed by atoms with E-state index in [0.29, 0.717) is 33.6 Å². The summed E-state index contributed by atoms with van der Waals surface area (Å²) in [5, 5.41) is 12.8. The van der Waals surface area contributed by atoms with Crippen LogP contribution in [0.25, 0.3) is 16.7 Å². The fraction of sp³-hybridized carbons (Fsp3) is 0.304. The molecule has 32 heavy (non-hydrogen) atoms. The summed E-state index contributed by atoms with van der Waals surface area (Å²) in [5.74, 6) is 0.323. The molecule has 0 saturated heterocycles. The molecule has 0 radical (unpaired) electrons. The lowest BCUT2D eigenvalue weighted by Gasteiger charge is -2.13. The van der Waals surface area contributed by atoms with E-state index in [9.17, 15) is 9.59 Å². The molecule has 4 rings (SSSR count). The molecule has 0 aliphatic carbocycles. The van der Waals surface area contributed by atoms with Gasteiger partial charge < -0.3 is 5.32 Å². The monoisotopic (exact) mass is 469 g/mol. The summed E-state index contributed by atoms with van der Waals surface area (Å²) in [6.07, 6.45) is 2.98. The van der Waals surface area contributed by atoms with Gasteiger partial charge in [-0.25, -0.2) is 0 Å². The number of halogens is 1. The lowest BCUT2D eigenvalue weighted by Crippen LogP contribution is -2.24. The first-order valence-electron chi connectivity index (χ1n) is 10.6. The third kappa shape index (κ3) is 4.52. The first-order valence-corrected chi connectivity index (χ1v) is 11.8. The van der Waals surface area contributed by atoms with Gasteiger partial charge in [-0.3, -0.25) is 18.6 Å². The lowest BCUT2D eigenvalue weighted by atomic mass is 10.2. The van der Waals surface area contributed by atoms with Crippen molar-refractivity contribution in [1.82, 2.24) is 19.2 Å². The van der Waals surface area contributed by atoms with Gasteiger partial charge in [-0.1, -0.05) is 61.3 Å². The van der Waals surface area contributed by atoms with Crippen molar-refractivity contribution in [2.75, 3.05) is 5.32 Å². The summed E-state index contributed by atoms with van der Waals surface area (Å²) in [4.78, 5) is 25.9. The molecule has 0 spiro atoms. The summed E-state index contributed by atoms with van der Waals surface area (Å²) in [7, 11) is 0. The summed E-state index contributed by atoms with van der Waals surface area (Å²) >= 11 is 7.31. The number of unbranched alkanes of at least 4 members (excludes halogenated alkanes) is 2. The van der Waals surface area contributed by atoms with E-state index in [1.54, 1.807) is 28.8 Å². The Bertz CT molecular complexity index is 1330. The number of thioether (sulfide) groups is 1. The predicted octanol–water partition coefficient (Wildman–Crippen LogP) is 5.01. The number of benzene rings is 2. The Hall–Kier alpha value is -2.84. The van der Waals surface area contributed by atoms with E-state index in [0.717, 1.165) is 24.8 Å². The van der Waals surface area contributed by atoms with E-state index < -0.39 is 5.25 Å². The molecular formula is C23H24ClN5O2S. The highest BCUT2D eigenvalue weighted by molar-refractivity contribution is 8.00. The molecule has 1 amide bonds. The van der Waals surface area contributed by atoms with E-state index >= 15 is 0 Å². The number of rotatable bonds is 8. The van der Waals surface area contributed by atoms with Crippen LogP contribution in [0.5, 0.6) is 0 Å². The maximum absolute atomic E-state index is 13.1. The molecule has 4 aromatic rings. The van der Waals surface area contributed by atoms with Crippen LogP contribution in [0.2, 0.25) is 5.02 Å². The van der Waals surface area contributed by atoms with Gasteiger partial charge in [-0.15, -0.1) is 10.2 Å². The molecule has 166 valence electrons. The smallest absolute Gasteiger partial charge is 0.262 e. The molecule has 0 fully saturated rings. The van der Waals surface area contributed by atoms with Crippen LogP contribution in [0.15, 0.2) is 58.5 Å². The number of fused-ring (bicyclic) bond motifs is 3. The number of carbonyl (C=O) groups is 1.